The van der Waals surface area contributed by atoms with Crippen molar-refractivity contribution in [1.29, 1.82) is 0 Å². The molecule has 1 aromatic carbocycles. The highest BCUT2D eigenvalue weighted by molar-refractivity contribution is 8.00. The Morgan fingerprint density at radius 3 is 2.43 bits per heavy atom. The molecule has 0 aliphatic carbocycles. The first-order valence-corrected chi connectivity index (χ1v) is 4.37. The first-order chi connectivity index (χ1) is 6.42. The first-order valence-electron chi connectivity index (χ1n) is 3.56. The van der Waals surface area contributed by atoms with Gasteiger partial charge in [-0.3, -0.25) is 0 Å². The number of benzene rings is 1. The monoisotopic (exact) mass is 226 g/mol. The highest BCUT2D eigenvalue weighted by Crippen LogP contribution is 2.40. The van der Waals surface area contributed by atoms with Crippen molar-refractivity contribution in [1.82, 2.24) is 0 Å². The molecule has 0 aliphatic rings. The Morgan fingerprint density at radius 2 is 1.93 bits per heavy atom. The summed E-state index contributed by atoms with van der Waals surface area (Å²) in [6.45, 7) is 0. The van der Waals surface area contributed by atoms with Crippen LogP contribution in [0.4, 0.5) is 17.6 Å². The predicted molar refractivity (Wildman–Crippen MR) is 44.9 cm³/mol. The Hall–Kier alpha value is -0.910. The van der Waals surface area contributed by atoms with E-state index < -0.39 is 11.7 Å². The van der Waals surface area contributed by atoms with Gasteiger partial charge < -0.3 is 5.11 Å². The second-order valence-corrected chi connectivity index (χ2v) is 3.68. The molecule has 0 amide bonds. The van der Waals surface area contributed by atoms with Gasteiger partial charge in [-0.05, 0) is 30.0 Å². The highest BCUT2D eigenvalue weighted by atomic mass is 32.2. The molecule has 0 bridgehead atoms. The van der Waals surface area contributed by atoms with E-state index in [1.807, 2.05) is 0 Å². The van der Waals surface area contributed by atoms with Crippen molar-refractivity contribution in [3.05, 3.63) is 24.3 Å². The van der Waals surface area contributed by atoms with Gasteiger partial charge in [-0.15, -0.1) is 0 Å². The average Bonchev–Trinajstić information content (AvgIpc) is 2.02. The van der Waals surface area contributed by atoms with E-state index in [-0.39, 0.29) is 22.4 Å². The molecule has 1 rings (SSSR count). The summed E-state index contributed by atoms with van der Waals surface area (Å²) < 4.78 is 48.5. The van der Waals surface area contributed by atoms with E-state index in [0.29, 0.717) is 0 Å². The second kappa shape index (κ2) is 4.08. The Labute approximate surface area is 81.7 Å². The van der Waals surface area contributed by atoms with E-state index in [4.69, 9.17) is 5.11 Å². The van der Waals surface area contributed by atoms with E-state index in [1.54, 1.807) is 0 Å². The molecule has 0 saturated carbocycles. The number of halogens is 4. The van der Waals surface area contributed by atoms with Crippen molar-refractivity contribution in [2.45, 2.75) is 16.6 Å². The SMILES string of the molecule is Oc1cccc(SC(F)(F)C(F)F)c1. The fourth-order valence-electron chi connectivity index (χ4n) is 0.749. The van der Waals surface area contributed by atoms with E-state index >= 15 is 0 Å². The molecule has 0 fully saturated rings. The molecule has 0 heterocycles. The number of rotatable bonds is 3. The number of thioether (sulfide) groups is 1. The van der Waals surface area contributed by atoms with E-state index in [0.717, 1.165) is 6.07 Å². The molecule has 0 radical (unpaired) electrons. The maximum absolute atomic E-state index is 12.5. The third kappa shape index (κ3) is 2.80. The average molecular weight is 226 g/mol. The van der Waals surface area contributed by atoms with E-state index in [1.165, 1.54) is 18.2 Å². The number of aromatic hydroxyl groups is 1. The van der Waals surface area contributed by atoms with Gasteiger partial charge in [0.2, 0.25) is 0 Å². The van der Waals surface area contributed by atoms with E-state index in [9.17, 15) is 17.6 Å². The van der Waals surface area contributed by atoms with Crippen LogP contribution in [-0.4, -0.2) is 16.8 Å². The fourth-order valence-corrected chi connectivity index (χ4v) is 1.48. The zero-order chi connectivity index (χ0) is 10.8. The van der Waals surface area contributed by atoms with Crippen LogP contribution in [0.2, 0.25) is 0 Å². The van der Waals surface area contributed by atoms with Gasteiger partial charge >= 0.3 is 11.7 Å². The Balaban J connectivity index is 2.78. The zero-order valence-electron chi connectivity index (χ0n) is 6.75. The van der Waals surface area contributed by atoms with Crippen LogP contribution in [0, 0.1) is 0 Å². The number of hydrogen-bond acceptors (Lipinski definition) is 2. The van der Waals surface area contributed by atoms with Gasteiger partial charge in [0.15, 0.2) is 0 Å². The summed E-state index contributed by atoms with van der Waals surface area (Å²) in [5, 5.41) is 4.77. The van der Waals surface area contributed by atoms with Gasteiger partial charge in [0, 0.05) is 4.90 Å². The Bertz CT molecular complexity index is 316. The summed E-state index contributed by atoms with van der Waals surface area (Å²) >= 11 is -0.275. The van der Waals surface area contributed by atoms with Gasteiger partial charge in [0.1, 0.15) is 5.75 Å². The van der Waals surface area contributed by atoms with Crippen molar-refractivity contribution in [3.8, 4) is 5.75 Å². The minimum absolute atomic E-state index is 0.102. The molecule has 0 atom stereocenters. The summed E-state index contributed by atoms with van der Waals surface area (Å²) in [5.41, 5.74) is 0. The second-order valence-electron chi connectivity index (χ2n) is 2.46. The number of phenols is 1. The van der Waals surface area contributed by atoms with Gasteiger partial charge in [0.05, 0.1) is 0 Å². The lowest BCUT2D eigenvalue weighted by Gasteiger charge is -2.13. The molecule has 14 heavy (non-hydrogen) atoms. The zero-order valence-corrected chi connectivity index (χ0v) is 7.57. The first kappa shape index (κ1) is 11.2. The molecule has 0 aromatic heterocycles. The molecule has 78 valence electrons. The van der Waals surface area contributed by atoms with Gasteiger partial charge in [0.25, 0.3) is 0 Å². The number of hydrogen-bond donors (Lipinski definition) is 1. The number of phenolic OH excluding ortho intramolecular Hbond substituents is 1. The number of alkyl halides is 4. The van der Waals surface area contributed by atoms with Crippen molar-refractivity contribution in [2.75, 3.05) is 0 Å². The molecule has 1 aromatic rings. The molecule has 1 N–H and O–H groups in total. The van der Waals surface area contributed by atoms with Gasteiger partial charge in [-0.2, -0.15) is 8.78 Å². The highest BCUT2D eigenvalue weighted by Gasteiger charge is 2.41. The summed E-state index contributed by atoms with van der Waals surface area (Å²) in [7, 11) is 0. The predicted octanol–water partition coefficient (Wildman–Crippen LogP) is 3.34. The lowest BCUT2D eigenvalue weighted by atomic mass is 10.3. The van der Waals surface area contributed by atoms with Crippen LogP contribution < -0.4 is 0 Å². The topological polar surface area (TPSA) is 20.2 Å². The standard InChI is InChI=1S/C8H6F4OS/c9-7(10)8(11,12)14-6-3-1-2-5(13)4-6/h1-4,7,13H. The van der Waals surface area contributed by atoms with Gasteiger partial charge in [-0.25, -0.2) is 8.78 Å². The van der Waals surface area contributed by atoms with E-state index in [2.05, 4.69) is 0 Å². The maximum atomic E-state index is 12.5. The van der Waals surface area contributed by atoms with Gasteiger partial charge in [-0.1, -0.05) is 6.07 Å². The Kier molecular flexibility index (Phi) is 3.25. The molecular weight excluding hydrogens is 220 g/mol. The molecule has 0 aliphatic heterocycles. The molecule has 0 unspecified atom stereocenters. The Morgan fingerprint density at radius 1 is 1.29 bits per heavy atom. The molecule has 1 nitrogen and oxygen atoms in total. The molecule has 0 spiro atoms. The quantitative estimate of drug-likeness (QED) is 0.630. The van der Waals surface area contributed by atoms with Crippen LogP contribution in [0.3, 0.4) is 0 Å². The lowest BCUT2D eigenvalue weighted by Crippen LogP contribution is -2.21. The maximum Gasteiger partial charge on any atom is 0.357 e. The van der Waals surface area contributed by atoms with Crippen LogP contribution >= 0.6 is 11.8 Å². The third-order valence-electron chi connectivity index (χ3n) is 1.33. The fraction of sp³-hybridized carbons (Fsp3) is 0.250. The largest absolute Gasteiger partial charge is 0.508 e. The third-order valence-corrected chi connectivity index (χ3v) is 2.27. The van der Waals surface area contributed by atoms with Crippen molar-refractivity contribution in [3.63, 3.8) is 0 Å². The van der Waals surface area contributed by atoms with Crippen molar-refractivity contribution < 1.29 is 22.7 Å². The van der Waals surface area contributed by atoms with Crippen molar-refractivity contribution >= 4 is 11.8 Å². The molecule has 6 heteroatoms. The van der Waals surface area contributed by atoms with Crippen LogP contribution in [0.25, 0.3) is 0 Å². The van der Waals surface area contributed by atoms with Crippen LogP contribution in [0.15, 0.2) is 29.2 Å². The smallest absolute Gasteiger partial charge is 0.357 e. The summed E-state index contributed by atoms with van der Waals surface area (Å²) in [6, 6.07) is 4.80. The summed E-state index contributed by atoms with van der Waals surface area (Å²) in [5.74, 6) is -0.236. The van der Waals surface area contributed by atoms with Crippen molar-refractivity contribution in [2.24, 2.45) is 0 Å². The summed E-state index contributed by atoms with van der Waals surface area (Å²) in [6.07, 6.45) is -3.73. The lowest BCUT2D eigenvalue weighted by molar-refractivity contribution is -0.0563. The summed E-state index contributed by atoms with van der Waals surface area (Å²) in [4.78, 5) is -0.102. The van der Waals surface area contributed by atoms with Crippen LogP contribution in [0.5, 0.6) is 5.75 Å². The minimum Gasteiger partial charge on any atom is -0.508 e. The van der Waals surface area contributed by atoms with Crippen LogP contribution in [-0.2, 0) is 0 Å². The molecular formula is C8H6F4OS. The van der Waals surface area contributed by atoms with Crippen LogP contribution in [0.1, 0.15) is 0 Å². The normalized spacial score (nSPS) is 12.1. The molecule has 0 saturated heterocycles. The minimum atomic E-state index is -4.13.